The highest BCUT2D eigenvalue weighted by Gasteiger charge is 2.35. The van der Waals surface area contributed by atoms with Crippen LogP contribution in [0.1, 0.15) is 48.1 Å². The van der Waals surface area contributed by atoms with Gasteiger partial charge in [-0.2, -0.15) is 0 Å². The fourth-order valence-electron chi connectivity index (χ4n) is 4.94. The molecule has 0 saturated heterocycles. The van der Waals surface area contributed by atoms with Crippen molar-refractivity contribution >= 4 is 17.5 Å². The second kappa shape index (κ2) is 9.29. The average Bonchev–Trinajstić information content (AvgIpc) is 2.96. The van der Waals surface area contributed by atoms with Crippen LogP contribution in [0.3, 0.4) is 0 Å². The minimum Gasteiger partial charge on any atom is -0.481 e. The molecule has 2 amide bonds. The fourth-order valence-corrected chi connectivity index (χ4v) is 4.94. The van der Waals surface area contributed by atoms with E-state index in [9.17, 15) is 14.0 Å². The SMILES string of the molecule is C[C@H]1Oc2ccc(NC(=O)Cc3ccc(F)cc3)cc2CN([C@H]2CCCc3ccccc32)C1=O. The molecule has 1 aliphatic carbocycles. The van der Waals surface area contributed by atoms with E-state index >= 15 is 0 Å². The normalized spacial score (nSPS) is 19.5. The van der Waals surface area contributed by atoms with Crippen molar-refractivity contribution in [3.8, 4) is 5.75 Å². The van der Waals surface area contributed by atoms with E-state index in [1.807, 2.05) is 29.2 Å². The Morgan fingerprint density at radius 3 is 2.71 bits per heavy atom. The van der Waals surface area contributed by atoms with E-state index in [0.717, 1.165) is 30.4 Å². The molecule has 174 valence electrons. The van der Waals surface area contributed by atoms with Gasteiger partial charge in [0, 0.05) is 11.3 Å². The Labute approximate surface area is 198 Å². The lowest BCUT2D eigenvalue weighted by atomic mass is 9.86. The molecule has 2 aliphatic rings. The maximum atomic E-state index is 13.3. The number of hydrogen-bond donors (Lipinski definition) is 1. The van der Waals surface area contributed by atoms with Crippen molar-refractivity contribution in [2.75, 3.05) is 5.32 Å². The van der Waals surface area contributed by atoms with Crippen LogP contribution in [0.5, 0.6) is 5.75 Å². The molecule has 1 heterocycles. The van der Waals surface area contributed by atoms with Crippen molar-refractivity contribution < 1.29 is 18.7 Å². The highest BCUT2D eigenvalue weighted by atomic mass is 19.1. The van der Waals surface area contributed by atoms with Crippen LogP contribution in [0.4, 0.5) is 10.1 Å². The van der Waals surface area contributed by atoms with Crippen LogP contribution in [0.15, 0.2) is 66.7 Å². The van der Waals surface area contributed by atoms with Crippen molar-refractivity contribution in [3.05, 3.63) is 94.8 Å². The summed E-state index contributed by atoms with van der Waals surface area (Å²) in [4.78, 5) is 27.8. The van der Waals surface area contributed by atoms with E-state index in [0.29, 0.717) is 18.0 Å². The summed E-state index contributed by atoms with van der Waals surface area (Å²) in [5, 5.41) is 2.92. The van der Waals surface area contributed by atoms with Crippen LogP contribution < -0.4 is 10.1 Å². The zero-order valence-electron chi connectivity index (χ0n) is 19.1. The lowest BCUT2D eigenvalue weighted by Gasteiger charge is -2.35. The molecule has 0 saturated carbocycles. The Balaban J connectivity index is 1.38. The molecule has 0 radical (unpaired) electrons. The topological polar surface area (TPSA) is 58.6 Å². The maximum absolute atomic E-state index is 13.3. The number of hydrogen-bond acceptors (Lipinski definition) is 3. The monoisotopic (exact) mass is 458 g/mol. The Hall–Kier alpha value is -3.67. The Bertz CT molecular complexity index is 1220. The number of fused-ring (bicyclic) bond motifs is 2. The van der Waals surface area contributed by atoms with Crippen molar-refractivity contribution in [2.24, 2.45) is 0 Å². The van der Waals surface area contributed by atoms with Crippen molar-refractivity contribution in [2.45, 2.75) is 51.3 Å². The van der Waals surface area contributed by atoms with E-state index in [2.05, 4.69) is 17.4 Å². The molecule has 0 aromatic heterocycles. The summed E-state index contributed by atoms with van der Waals surface area (Å²) in [6, 6.07) is 19.7. The molecule has 3 aromatic rings. The zero-order valence-corrected chi connectivity index (χ0v) is 19.1. The second-order valence-corrected chi connectivity index (χ2v) is 9.01. The van der Waals surface area contributed by atoms with E-state index in [1.165, 1.54) is 23.3 Å². The number of aryl methyl sites for hydroxylation is 1. The number of halogens is 1. The standard InChI is InChI=1S/C28H27FN2O3/c1-18-28(33)31(25-8-4-6-20-5-2-3-7-24(20)25)17-21-16-23(13-14-26(21)34-18)30-27(32)15-19-9-11-22(29)12-10-19/h2-3,5,7,9-14,16,18,25H,4,6,8,15,17H2,1H3,(H,30,32)/t18-,25+/m1/s1. The highest BCUT2D eigenvalue weighted by molar-refractivity contribution is 5.92. The van der Waals surface area contributed by atoms with Gasteiger partial charge in [-0.05, 0) is 73.2 Å². The minimum absolute atomic E-state index is 0.00572. The summed E-state index contributed by atoms with van der Waals surface area (Å²) in [6.45, 7) is 2.21. The molecule has 0 unspecified atom stereocenters. The van der Waals surface area contributed by atoms with Crippen molar-refractivity contribution in [3.63, 3.8) is 0 Å². The smallest absolute Gasteiger partial charge is 0.264 e. The summed E-state index contributed by atoms with van der Waals surface area (Å²) >= 11 is 0. The van der Waals surface area contributed by atoms with Crippen LogP contribution in [0.25, 0.3) is 0 Å². The number of amides is 2. The molecule has 0 spiro atoms. The molecule has 1 aliphatic heterocycles. The summed E-state index contributed by atoms with van der Waals surface area (Å²) < 4.78 is 19.1. The predicted octanol–water partition coefficient (Wildman–Crippen LogP) is 5.19. The number of rotatable bonds is 4. The number of anilines is 1. The third-order valence-electron chi connectivity index (χ3n) is 6.61. The number of carbonyl (C=O) groups excluding carboxylic acids is 2. The molecule has 5 nitrogen and oxygen atoms in total. The van der Waals surface area contributed by atoms with Gasteiger partial charge in [-0.1, -0.05) is 36.4 Å². The van der Waals surface area contributed by atoms with E-state index < -0.39 is 6.10 Å². The highest BCUT2D eigenvalue weighted by Crippen LogP contribution is 2.38. The van der Waals surface area contributed by atoms with Crippen molar-refractivity contribution in [1.29, 1.82) is 0 Å². The summed E-state index contributed by atoms with van der Waals surface area (Å²) in [5.74, 6) is 0.108. The summed E-state index contributed by atoms with van der Waals surface area (Å²) in [7, 11) is 0. The minimum atomic E-state index is -0.589. The van der Waals surface area contributed by atoms with Gasteiger partial charge in [-0.15, -0.1) is 0 Å². The van der Waals surface area contributed by atoms with Gasteiger partial charge in [0.2, 0.25) is 5.91 Å². The lowest BCUT2D eigenvalue weighted by Crippen LogP contribution is -2.41. The van der Waals surface area contributed by atoms with Crippen LogP contribution in [-0.4, -0.2) is 22.8 Å². The Kier molecular flexibility index (Phi) is 6.05. The second-order valence-electron chi connectivity index (χ2n) is 9.01. The van der Waals surface area contributed by atoms with Crippen LogP contribution in [0.2, 0.25) is 0 Å². The summed E-state index contributed by atoms with van der Waals surface area (Å²) in [5.41, 5.74) is 4.74. The average molecular weight is 459 g/mol. The maximum Gasteiger partial charge on any atom is 0.264 e. The third kappa shape index (κ3) is 4.53. The van der Waals surface area contributed by atoms with E-state index in [1.54, 1.807) is 25.1 Å². The predicted molar refractivity (Wildman–Crippen MR) is 128 cm³/mol. The number of benzene rings is 3. The molecule has 1 N–H and O–H groups in total. The third-order valence-corrected chi connectivity index (χ3v) is 6.61. The molecule has 34 heavy (non-hydrogen) atoms. The molecule has 5 rings (SSSR count). The molecular formula is C28H27FN2O3. The van der Waals surface area contributed by atoms with E-state index in [-0.39, 0.29) is 30.1 Å². The quantitative estimate of drug-likeness (QED) is 0.585. The fraction of sp³-hybridized carbons (Fsp3) is 0.286. The molecular weight excluding hydrogens is 431 g/mol. The van der Waals surface area contributed by atoms with Gasteiger partial charge < -0.3 is 15.0 Å². The van der Waals surface area contributed by atoms with Crippen LogP contribution >= 0.6 is 0 Å². The first-order valence-corrected chi connectivity index (χ1v) is 11.7. The van der Waals surface area contributed by atoms with Gasteiger partial charge in [0.05, 0.1) is 19.0 Å². The van der Waals surface area contributed by atoms with E-state index in [4.69, 9.17) is 4.74 Å². The number of ether oxygens (including phenoxy) is 1. The van der Waals surface area contributed by atoms with Crippen LogP contribution in [0, 0.1) is 5.82 Å². The lowest BCUT2D eigenvalue weighted by molar-refractivity contribution is -0.140. The first kappa shape index (κ1) is 22.1. The van der Waals surface area contributed by atoms with Gasteiger partial charge in [-0.3, -0.25) is 9.59 Å². The van der Waals surface area contributed by atoms with Crippen LogP contribution in [-0.2, 0) is 29.0 Å². The molecule has 0 fully saturated rings. The summed E-state index contributed by atoms with van der Waals surface area (Å²) in [6.07, 6.45) is 2.54. The van der Waals surface area contributed by atoms with Gasteiger partial charge in [0.15, 0.2) is 6.10 Å². The molecule has 3 aromatic carbocycles. The number of nitrogens with zero attached hydrogens (tertiary/aromatic N) is 1. The first-order valence-electron chi connectivity index (χ1n) is 11.7. The molecule has 6 heteroatoms. The Morgan fingerprint density at radius 1 is 1.09 bits per heavy atom. The van der Waals surface area contributed by atoms with Gasteiger partial charge >= 0.3 is 0 Å². The van der Waals surface area contributed by atoms with Crippen molar-refractivity contribution in [1.82, 2.24) is 4.90 Å². The first-order chi connectivity index (χ1) is 16.5. The number of nitrogens with one attached hydrogen (secondary N) is 1. The number of carbonyl (C=O) groups is 2. The zero-order chi connectivity index (χ0) is 23.7. The van der Waals surface area contributed by atoms with Gasteiger partial charge in [0.1, 0.15) is 11.6 Å². The van der Waals surface area contributed by atoms with Gasteiger partial charge in [-0.25, -0.2) is 4.39 Å². The Morgan fingerprint density at radius 2 is 1.88 bits per heavy atom. The largest absolute Gasteiger partial charge is 0.481 e. The van der Waals surface area contributed by atoms with Gasteiger partial charge in [0.25, 0.3) is 5.91 Å². The molecule has 2 atom stereocenters. The molecule has 0 bridgehead atoms.